The van der Waals surface area contributed by atoms with Gasteiger partial charge in [0.15, 0.2) is 0 Å². The van der Waals surface area contributed by atoms with Crippen molar-refractivity contribution in [3.63, 3.8) is 0 Å². The molecular formula is C22H44O6. The van der Waals surface area contributed by atoms with E-state index in [0.29, 0.717) is 25.7 Å². The number of carbonyl (C=O) groups is 1. The van der Waals surface area contributed by atoms with Crippen molar-refractivity contribution in [2.45, 2.75) is 98.6 Å². The fraction of sp³-hybridized carbons (Fsp3) is 0.955. The van der Waals surface area contributed by atoms with Crippen molar-refractivity contribution >= 4 is 5.97 Å². The molecule has 0 aliphatic rings. The average molecular weight is 405 g/mol. The van der Waals surface area contributed by atoms with Crippen LogP contribution in [-0.2, 0) is 28.5 Å². The summed E-state index contributed by atoms with van der Waals surface area (Å²) in [6.07, 6.45) is 4.79. The van der Waals surface area contributed by atoms with Gasteiger partial charge in [-0.15, -0.1) is 0 Å². The van der Waals surface area contributed by atoms with Gasteiger partial charge < -0.3 is 23.7 Å². The number of hydrogen-bond acceptors (Lipinski definition) is 6. The molecule has 0 N–H and O–H groups in total. The van der Waals surface area contributed by atoms with Crippen LogP contribution in [0.4, 0.5) is 0 Å². The van der Waals surface area contributed by atoms with E-state index in [1.807, 2.05) is 20.8 Å². The predicted molar refractivity (Wildman–Crippen MR) is 112 cm³/mol. The van der Waals surface area contributed by atoms with Crippen LogP contribution in [0.5, 0.6) is 0 Å². The highest BCUT2D eigenvalue weighted by Crippen LogP contribution is 2.14. The molecule has 0 heterocycles. The summed E-state index contributed by atoms with van der Waals surface area (Å²) < 4.78 is 28.1. The monoisotopic (exact) mass is 404 g/mol. The summed E-state index contributed by atoms with van der Waals surface area (Å²) in [6, 6.07) is 0. The zero-order valence-corrected chi connectivity index (χ0v) is 19.2. The Hall–Kier alpha value is -0.690. The second kappa shape index (κ2) is 17.2. The molecule has 0 amide bonds. The van der Waals surface area contributed by atoms with Gasteiger partial charge in [0.2, 0.25) is 0 Å². The van der Waals surface area contributed by atoms with Crippen LogP contribution in [0, 0.1) is 5.92 Å². The van der Waals surface area contributed by atoms with E-state index in [0.717, 1.165) is 13.0 Å². The molecule has 5 atom stereocenters. The van der Waals surface area contributed by atoms with Crippen LogP contribution in [0.3, 0.4) is 0 Å². The third-order valence-corrected chi connectivity index (χ3v) is 4.53. The Bertz CT molecular complexity index is 376. The third kappa shape index (κ3) is 16.3. The Morgan fingerprint density at radius 2 is 1.14 bits per heavy atom. The lowest BCUT2D eigenvalue weighted by atomic mass is 10.0. The first kappa shape index (κ1) is 27.3. The van der Waals surface area contributed by atoms with Crippen LogP contribution in [0.15, 0.2) is 0 Å². The molecule has 28 heavy (non-hydrogen) atoms. The summed E-state index contributed by atoms with van der Waals surface area (Å²) in [7, 11) is 0. The van der Waals surface area contributed by atoms with Gasteiger partial charge in [0.25, 0.3) is 0 Å². The second-order valence-corrected chi connectivity index (χ2v) is 7.79. The second-order valence-electron chi connectivity index (χ2n) is 7.79. The predicted octanol–water partition coefficient (Wildman–Crippen LogP) is 4.39. The maximum absolute atomic E-state index is 10.8. The number of unbranched alkanes of at least 4 members (excludes halogenated alkanes) is 1. The van der Waals surface area contributed by atoms with Gasteiger partial charge >= 0.3 is 5.97 Å². The van der Waals surface area contributed by atoms with Gasteiger partial charge in [0.05, 0.1) is 44.2 Å². The smallest absolute Gasteiger partial charge is 0.302 e. The van der Waals surface area contributed by atoms with Gasteiger partial charge in [-0.2, -0.15) is 0 Å². The molecule has 0 fully saturated rings. The molecule has 0 aromatic heterocycles. The fourth-order valence-corrected chi connectivity index (χ4v) is 2.52. The van der Waals surface area contributed by atoms with Crippen LogP contribution < -0.4 is 0 Å². The molecule has 0 bridgehead atoms. The zero-order valence-electron chi connectivity index (χ0n) is 19.2. The SMILES string of the molecule is CCCCC(CC)COC(C)COC(C)COC(C)COC(C)COC(C)=O. The molecular weight excluding hydrogens is 360 g/mol. The highest BCUT2D eigenvalue weighted by molar-refractivity contribution is 5.65. The molecule has 0 aliphatic heterocycles. The van der Waals surface area contributed by atoms with Crippen LogP contribution in [0.1, 0.15) is 74.1 Å². The quantitative estimate of drug-likeness (QED) is 0.316. The highest BCUT2D eigenvalue weighted by atomic mass is 16.6. The molecule has 5 unspecified atom stereocenters. The summed E-state index contributed by atoms with van der Waals surface area (Å²) in [5, 5.41) is 0. The molecule has 0 saturated carbocycles. The van der Waals surface area contributed by atoms with E-state index in [4.69, 9.17) is 23.7 Å². The van der Waals surface area contributed by atoms with Crippen molar-refractivity contribution < 1.29 is 28.5 Å². The zero-order chi connectivity index (χ0) is 21.4. The molecule has 0 radical (unpaired) electrons. The van der Waals surface area contributed by atoms with Crippen molar-refractivity contribution in [3.8, 4) is 0 Å². The van der Waals surface area contributed by atoms with Crippen molar-refractivity contribution in [2.24, 2.45) is 5.92 Å². The molecule has 0 aromatic carbocycles. The Labute approximate surface area is 172 Å². The molecule has 168 valence electrons. The lowest BCUT2D eigenvalue weighted by Crippen LogP contribution is -2.28. The standard InChI is InChI=1S/C22H44O6/c1-8-10-11-22(9-2)16-27-19(5)14-25-17(3)12-24-18(4)13-26-20(6)15-28-21(7)23/h17-20,22H,8-16H2,1-7H3. The number of esters is 1. The Balaban J connectivity index is 3.81. The summed E-state index contributed by atoms with van der Waals surface area (Å²) >= 11 is 0. The topological polar surface area (TPSA) is 63.2 Å². The van der Waals surface area contributed by atoms with Gasteiger partial charge in [-0.05, 0) is 40.0 Å². The average Bonchev–Trinajstić information content (AvgIpc) is 2.67. The normalized spacial score (nSPS) is 17.0. The highest BCUT2D eigenvalue weighted by Gasteiger charge is 2.13. The van der Waals surface area contributed by atoms with E-state index < -0.39 is 0 Å². The summed E-state index contributed by atoms with van der Waals surface area (Å²) in [6.45, 7) is 16.3. The number of ether oxygens (including phenoxy) is 5. The van der Waals surface area contributed by atoms with Crippen LogP contribution >= 0.6 is 0 Å². The van der Waals surface area contributed by atoms with Gasteiger partial charge in [0.1, 0.15) is 6.61 Å². The van der Waals surface area contributed by atoms with Gasteiger partial charge in [-0.25, -0.2) is 0 Å². The van der Waals surface area contributed by atoms with Crippen molar-refractivity contribution in [3.05, 3.63) is 0 Å². The fourth-order valence-electron chi connectivity index (χ4n) is 2.52. The minimum Gasteiger partial charge on any atom is -0.463 e. The van der Waals surface area contributed by atoms with E-state index in [1.54, 1.807) is 0 Å². The summed E-state index contributed by atoms with van der Waals surface area (Å²) in [5.74, 6) is 0.349. The first-order valence-electron chi connectivity index (χ1n) is 10.9. The molecule has 0 aromatic rings. The van der Waals surface area contributed by atoms with E-state index >= 15 is 0 Å². The number of rotatable bonds is 18. The largest absolute Gasteiger partial charge is 0.463 e. The first-order chi connectivity index (χ1) is 13.3. The van der Waals surface area contributed by atoms with Gasteiger partial charge in [-0.1, -0.05) is 33.1 Å². The van der Waals surface area contributed by atoms with E-state index in [2.05, 4.69) is 20.8 Å². The van der Waals surface area contributed by atoms with Crippen molar-refractivity contribution in [2.75, 3.05) is 33.0 Å². The molecule has 0 saturated heterocycles. The Kier molecular flexibility index (Phi) is 16.8. The lowest BCUT2D eigenvalue weighted by molar-refractivity contribution is -0.146. The first-order valence-corrected chi connectivity index (χ1v) is 10.9. The summed E-state index contributed by atoms with van der Waals surface area (Å²) in [4.78, 5) is 10.8. The molecule has 6 nitrogen and oxygen atoms in total. The molecule has 0 rings (SSSR count). The Morgan fingerprint density at radius 3 is 1.54 bits per heavy atom. The Morgan fingerprint density at radius 1 is 0.714 bits per heavy atom. The van der Waals surface area contributed by atoms with Crippen molar-refractivity contribution in [1.82, 2.24) is 0 Å². The van der Waals surface area contributed by atoms with Gasteiger partial charge in [0, 0.05) is 13.5 Å². The minimum absolute atomic E-state index is 0.00552. The molecule has 6 heteroatoms. The summed E-state index contributed by atoms with van der Waals surface area (Å²) in [5.41, 5.74) is 0. The molecule has 0 aliphatic carbocycles. The minimum atomic E-state index is -0.296. The maximum Gasteiger partial charge on any atom is 0.302 e. The van der Waals surface area contributed by atoms with Crippen LogP contribution in [0.25, 0.3) is 0 Å². The maximum atomic E-state index is 10.8. The van der Waals surface area contributed by atoms with Crippen molar-refractivity contribution in [1.29, 1.82) is 0 Å². The van der Waals surface area contributed by atoms with E-state index in [-0.39, 0.29) is 37.0 Å². The third-order valence-electron chi connectivity index (χ3n) is 4.53. The lowest BCUT2D eigenvalue weighted by Gasteiger charge is -2.22. The number of carbonyl (C=O) groups excluding carboxylic acids is 1. The van der Waals surface area contributed by atoms with E-state index in [9.17, 15) is 4.79 Å². The van der Waals surface area contributed by atoms with Crippen LogP contribution in [0.2, 0.25) is 0 Å². The van der Waals surface area contributed by atoms with Crippen LogP contribution in [-0.4, -0.2) is 63.4 Å². The van der Waals surface area contributed by atoms with Gasteiger partial charge in [-0.3, -0.25) is 4.79 Å². The molecule has 0 spiro atoms. The number of hydrogen-bond donors (Lipinski definition) is 0. The van der Waals surface area contributed by atoms with E-state index in [1.165, 1.54) is 26.2 Å².